The van der Waals surface area contributed by atoms with Gasteiger partial charge in [0.05, 0.1) is 6.61 Å². The highest BCUT2D eigenvalue weighted by Crippen LogP contribution is 2.42. The first kappa shape index (κ1) is 19.7. The summed E-state index contributed by atoms with van der Waals surface area (Å²) in [4.78, 5) is 17.7. The summed E-state index contributed by atoms with van der Waals surface area (Å²) in [7, 11) is 0. The lowest BCUT2D eigenvalue weighted by molar-refractivity contribution is -0.140. The molecule has 152 valence electrons. The third kappa shape index (κ3) is 3.77. The maximum absolute atomic E-state index is 13.1. The summed E-state index contributed by atoms with van der Waals surface area (Å²) in [6.07, 6.45) is 10.9. The average molecular weight is 383 g/mol. The minimum absolute atomic E-state index is 0.180. The summed E-state index contributed by atoms with van der Waals surface area (Å²) in [5.74, 6) is 0.941. The van der Waals surface area contributed by atoms with Crippen molar-refractivity contribution in [3.05, 3.63) is 41.5 Å². The van der Waals surface area contributed by atoms with Crippen LogP contribution in [0.2, 0.25) is 0 Å². The molecule has 1 N–H and O–H groups in total. The molecule has 0 aromatic heterocycles. The molecule has 3 fully saturated rings. The van der Waals surface area contributed by atoms with Crippen LogP contribution in [0, 0.1) is 5.92 Å². The van der Waals surface area contributed by atoms with Crippen molar-refractivity contribution in [1.82, 2.24) is 9.80 Å². The van der Waals surface area contributed by atoms with Crippen LogP contribution in [0.25, 0.3) is 6.08 Å². The maximum Gasteiger partial charge on any atom is 0.225 e. The van der Waals surface area contributed by atoms with Crippen molar-refractivity contribution in [1.29, 1.82) is 0 Å². The lowest BCUT2D eigenvalue weighted by atomic mass is 9.74. The van der Waals surface area contributed by atoms with E-state index in [1.807, 2.05) is 6.92 Å². The fourth-order valence-corrected chi connectivity index (χ4v) is 5.59. The molecular weight excluding hydrogens is 348 g/mol. The SMILES string of the molecule is C/C=C/c1ccc([C@H]2[C@@H](CO)N3CCCCN(C(=O)C4CCCC4)C[C@@H]23)cc1. The molecule has 4 heteroatoms. The number of aliphatic hydroxyl groups excluding tert-OH is 1. The Kier molecular flexibility index (Phi) is 6.17. The van der Waals surface area contributed by atoms with Gasteiger partial charge in [-0.2, -0.15) is 0 Å². The second kappa shape index (κ2) is 8.79. The van der Waals surface area contributed by atoms with E-state index >= 15 is 0 Å². The lowest BCUT2D eigenvalue weighted by Gasteiger charge is -2.57. The molecule has 1 aromatic carbocycles. The van der Waals surface area contributed by atoms with Gasteiger partial charge in [-0.25, -0.2) is 0 Å². The van der Waals surface area contributed by atoms with Crippen LogP contribution in [0.5, 0.6) is 0 Å². The third-order valence-electron chi connectivity index (χ3n) is 7.07. The van der Waals surface area contributed by atoms with Crippen LogP contribution in [-0.2, 0) is 4.79 Å². The summed E-state index contributed by atoms with van der Waals surface area (Å²) in [5, 5.41) is 10.1. The number of nitrogens with zero attached hydrogens (tertiary/aromatic N) is 2. The molecule has 2 aliphatic heterocycles. The Bertz CT molecular complexity index is 693. The van der Waals surface area contributed by atoms with Gasteiger partial charge < -0.3 is 10.0 Å². The van der Waals surface area contributed by atoms with Gasteiger partial charge in [0.15, 0.2) is 0 Å². The van der Waals surface area contributed by atoms with Crippen molar-refractivity contribution < 1.29 is 9.90 Å². The van der Waals surface area contributed by atoms with Crippen molar-refractivity contribution in [3.63, 3.8) is 0 Å². The van der Waals surface area contributed by atoms with E-state index in [0.29, 0.717) is 17.9 Å². The zero-order chi connectivity index (χ0) is 19.5. The van der Waals surface area contributed by atoms with Crippen LogP contribution in [0.3, 0.4) is 0 Å². The number of rotatable bonds is 4. The van der Waals surface area contributed by atoms with Crippen molar-refractivity contribution in [3.8, 4) is 0 Å². The lowest BCUT2D eigenvalue weighted by Crippen LogP contribution is -2.68. The maximum atomic E-state index is 13.1. The van der Waals surface area contributed by atoms with E-state index in [1.54, 1.807) is 0 Å². The summed E-state index contributed by atoms with van der Waals surface area (Å²) in [6, 6.07) is 9.26. The van der Waals surface area contributed by atoms with Gasteiger partial charge in [0.1, 0.15) is 0 Å². The number of fused-ring (bicyclic) bond motifs is 1. The molecule has 1 aliphatic carbocycles. The first-order valence-electron chi connectivity index (χ1n) is 11.1. The Morgan fingerprint density at radius 1 is 1.11 bits per heavy atom. The highest BCUT2D eigenvalue weighted by atomic mass is 16.3. The minimum Gasteiger partial charge on any atom is -0.395 e. The predicted octanol–water partition coefficient (Wildman–Crippen LogP) is 3.66. The van der Waals surface area contributed by atoms with E-state index in [4.69, 9.17) is 0 Å². The van der Waals surface area contributed by atoms with Gasteiger partial charge in [0, 0.05) is 37.0 Å². The van der Waals surface area contributed by atoms with Crippen LogP contribution in [0.1, 0.15) is 62.5 Å². The molecule has 0 spiro atoms. The second-order valence-electron chi connectivity index (χ2n) is 8.72. The smallest absolute Gasteiger partial charge is 0.225 e. The number of hydrogen-bond donors (Lipinski definition) is 1. The van der Waals surface area contributed by atoms with Gasteiger partial charge >= 0.3 is 0 Å². The van der Waals surface area contributed by atoms with Gasteiger partial charge in [-0.05, 0) is 50.3 Å². The van der Waals surface area contributed by atoms with Crippen LogP contribution in [0.4, 0.5) is 0 Å². The third-order valence-corrected chi connectivity index (χ3v) is 7.07. The molecule has 0 bridgehead atoms. The zero-order valence-electron chi connectivity index (χ0n) is 17.1. The number of allylic oxidation sites excluding steroid dienone is 1. The normalized spacial score (nSPS) is 29.4. The molecular formula is C24H34N2O2. The highest BCUT2D eigenvalue weighted by Gasteiger charge is 2.49. The van der Waals surface area contributed by atoms with E-state index in [-0.39, 0.29) is 18.6 Å². The Morgan fingerprint density at radius 3 is 2.50 bits per heavy atom. The van der Waals surface area contributed by atoms with E-state index in [1.165, 1.54) is 24.0 Å². The molecule has 0 unspecified atom stereocenters. The fraction of sp³-hybridized carbons (Fsp3) is 0.625. The molecule has 4 nitrogen and oxygen atoms in total. The monoisotopic (exact) mass is 382 g/mol. The Labute approximate surface area is 169 Å². The number of hydrogen-bond acceptors (Lipinski definition) is 3. The molecule has 1 amide bonds. The molecule has 3 atom stereocenters. The van der Waals surface area contributed by atoms with Crippen LogP contribution >= 0.6 is 0 Å². The molecule has 4 rings (SSSR count). The van der Waals surface area contributed by atoms with E-state index in [2.05, 4.69) is 46.2 Å². The molecule has 3 aliphatic rings. The Hall–Kier alpha value is -1.65. The number of aliphatic hydroxyl groups is 1. The van der Waals surface area contributed by atoms with Gasteiger partial charge in [-0.1, -0.05) is 49.3 Å². The summed E-state index contributed by atoms with van der Waals surface area (Å²) in [5.41, 5.74) is 2.50. The van der Waals surface area contributed by atoms with E-state index in [9.17, 15) is 9.90 Å². The van der Waals surface area contributed by atoms with Gasteiger partial charge in [0.25, 0.3) is 0 Å². The molecule has 1 aromatic rings. The van der Waals surface area contributed by atoms with Crippen molar-refractivity contribution >= 4 is 12.0 Å². The summed E-state index contributed by atoms with van der Waals surface area (Å²) < 4.78 is 0. The van der Waals surface area contributed by atoms with Gasteiger partial charge in [-0.3, -0.25) is 9.69 Å². The van der Waals surface area contributed by atoms with Crippen LogP contribution in [0.15, 0.2) is 30.3 Å². The Morgan fingerprint density at radius 2 is 1.82 bits per heavy atom. The summed E-state index contributed by atoms with van der Waals surface area (Å²) >= 11 is 0. The number of carbonyl (C=O) groups is 1. The molecule has 1 saturated carbocycles. The molecule has 0 radical (unpaired) electrons. The quantitative estimate of drug-likeness (QED) is 0.864. The first-order chi connectivity index (χ1) is 13.7. The fourth-order valence-electron chi connectivity index (χ4n) is 5.59. The van der Waals surface area contributed by atoms with Crippen molar-refractivity contribution in [2.45, 2.75) is 63.5 Å². The highest BCUT2D eigenvalue weighted by molar-refractivity contribution is 5.79. The predicted molar refractivity (Wildman–Crippen MR) is 113 cm³/mol. The topological polar surface area (TPSA) is 43.8 Å². The standard InChI is InChI=1S/C24H34N2O2/c1-2-7-18-10-12-19(13-11-18)23-21-16-25(24(28)20-8-3-4-9-20)14-5-6-15-26(21)22(23)17-27/h2,7,10-13,20-23,27H,3-6,8-9,14-17H2,1H3/b7-2+/t21-,22+,23+/m0/s1. The first-order valence-corrected chi connectivity index (χ1v) is 11.1. The van der Waals surface area contributed by atoms with E-state index in [0.717, 1.165) is 45.3 Å². The Balaban J connectivity index is 1.54. The number of amides is 1. The van der Waals surface area contributed by atoms with Crippen molar-refractivity contribution in [2.24, 2.45) is 5.92 Å². The zero-order valence-corrected chi connectivity index (χ0v) is 17.1. The average Bonchev–Trinajstić information content (AvgIpc) is 3.22. The molecule has 28 heavy (non-hydrogen) atoms. The molecule has 2 heterocycles. The van der Waals surface area contributed by atoms with Gasteiger partial charge in [-0.15, -0.1) is 0 Å². The van der Waals surface area contributed by atoms with Crippen LogP contribution < -0.4 is 0 Å². The second-order valence-corrected chi connectivity index (χ2v) is 8.72. The number of benzene rings is 1. The minimum atomic E-state index is 0.180. The largest absolute Gasteiger partial charge is 0.395 e. The van der Waals surface area contributed by atoms with E-state index < -0.39 is 0 Å². The number of carbonyl (C=O) groups excluding carboxylic acids is 1. The molecule has 2 saturated heterocycles. The van der Waals surface area contributed by atoms with Gasteiger partial charge in [0.2, 0.25) is 5.91 Å². The summed E-state index contributed by atoms with van der Waals surface area (Å²) in [6.45, 7) is 4.97. The van der Waals surface area contributed by atoms with Crippen LogP contribution in [-0.4, -0.2) is 59.1 Å². The van der Waals surface area contributed by atoms with Crippen molar-refractivity contribution in [2.75, 3.05) is 26.2 Å².